The molecule has 10 nitrogen and oxygen atoms in total. The number of hydrogen-bond acceptors (Lipinski definition) is 6. The summed E-state index contributed by atoms with van der Waals surface area (Å²) in [5, 5.41) is 7.86. The van der Waals surface area contributed by atoms with Crippen molar-refractivity contribution in [3.05, 3.63) is 59.7 Å². The fourth-order valence-electron chi connectivity index (χ4n) is 3.42. The minimum absolute atomic E-state index is 0.0209. The second kappa shape index (κ2) is 10.4. The van der Waals surface area contributed by atoms with Gasteiger partial charge in [0.2, 0.25) is 11.8 Å². The van der Waals surface area contributed by atoms with Crippen molar-refractivity contribution in [2.45, 2.75) is 45.8 Å². The summed E-state index contributed by atoms with van der Waals surface area (Å²) in [5.41, 5.74) is 0.495. The lowest BCUT2D eigenvalue weighted by Gasteiger charge is -2.22. The van der Waals surface area contributed by atoms with Gasteiger partial charge in [-0.1, -0.05) is 24.3 Å². The van der Waals surface area contributed by atoms with Gasteiger partial charge in [-0.2, -0.15) is 0 Å². The number of rotatable bonds is 7. The quantitative estimate of drug-likeness (QED) is 0.521. The Labute approximate surface area is 203 Å². The Kier molecular flexibility index (Phi) is 7.53. The first-order valence-electron chi connectivity index (χ1n) is 11.1. The lowest BCUT2D eigenvalue weighted by molar-refractivity contribution is -0.119. The van der Waals surface area contributed by atoms with Gasteiger partial charge in [-0.05, 0) is 52.0 Å². The molecule has 184 valence electrons. The smallest absolute Gasteiger partial charge is 0.407 e. The topological polar surface area (TPSA) is 134 Å². The number of nitrogens with zero attached hydrogens (tertiary/aromatic N) is 1. The Morgan fingerprint density at radius 2 is 1.40 bits per heavy atom. The lowest BCUT2D eigenvalue weighted by Crippen LogP contribution is -2.45. The molecule has 0 aliphatic carbocycles. The van der Waals surface area contributed by atoms with E-state index in [2.05, 4.69) is 16.0 Å². The molecule has 3 N–H and O–H groups in total. The maximum Gasteiger partial charge on any atom is 0.407 e. The number of carbonyl (C=O) groups is 5. The molecule has 1 heterocycles. The SMILES string of the molecule is CC(C(=O)Nc1ccccc1NC(=O)CCNC(=O)OC(C)(C)C)N1C(=O)c2ccccc2C1=O. The van der Waals surface area contributed by atoms with E-state index in [1.807, 2.05) is 0 Å². The van der Waals surface area contributed by atoms with E-state index in [0.717, 1.165) is 4.90 Å². The number of ether oxygens (including phenoxy) is 1. The third-order valence-corrected chi connectivity index (χ3v) is 5.07. The average Bonchev–Trinajstić information content (AvgIpc) is 3.03. The molecule has 0 spiro atoms. The highest BCUT2D eigenvalue weighted by Crippen LogP contribution is 2.26. The van der Waals surface area contributed by atoms with Crippen molar-refractivity contribution in [2.75, 3.05) is 17.2 Å². The Bertz CT molecular complexity index is 1140. The largest absolute Gasteiger partial charge is 0.444 e. The minimum Gasteiger partial charge on any atom is -0.444 e. The highest BCUT2D eigenvalue weighted by Gasteiger charge is 2.40. The number of hydrogen-bond donors (Lipinski definition) is 3. The number of imide groups is 1. The maximum absolute atomic E-state index is 12.9. The van der Waals surface area contributed by atoms with Gasteiger partial charge in [0.1, 0.15) is 11.6 Å². The zero-order valence-electron chi connectivity index (χ0n) is 20.0. The molecule has 2 aromatic rings. The Hall–Kier alpha value is -4.21. The number of para-hydroxylation sites is 2. The first-order chi connectivity index (χ1) is 16.5. The molecule has 1 aliphatic rings. The predicted octanol–water partition coefficient (Wildman–Crippen LogP) is 3.16. The molecule has 1 aliphatic heterocycles. The van der Waals surface area contributed by atoms with Crippen molar-refractivity contribution in [3.63, 3.8) is 0 Å². The van der Waals surface area contributed by atoms with Crippen molar-refractivity contribution in [2.24, 2.45) is 0 Å². The normalized spacial score (nSPS) is 13.7. The number of fused-ring (bicyclic) bond motifs is 1. The third-order valence-electron chi connectivity index (χ3n) is 5.07. The van der Waals surface area contributed by atoms with E-state index >= 15 is 0 Å². The zero-order valence-corrected chi connectivity index (χ0v) is 20.0. The van der Waals surface area contributed by atoms with E-state index in [1.165, 1.54) is 6.92 Å². The monoisotopic (exact) mass is 480 g/mol. The van der Waals surface area contributed by atoms with Gasteiger partial charge < -0.3 is 20.7 Å². The summed E-state index contributed by atoms with van der Waals surface area (Å²) < 4.78 is 5.12. The van der Waals surface area contributed by atoms with Crippen LogP contribution in [0.1, 0.15) is 54.8 Å². The van der Waals surface area contributed by atoms with E-state index in [4.69, 9.17) is 4.74 Å². The number of alkyl carbamates (subject to hydrolysis) is 1. The number of benzene rings is 2. The van der Waals surface area contributed by atoms with Gasteiger partial charge in [-0.3, -0.25) is 24.1 Å². The Morgan fingerprint density at radius 1 is 0.886 bits per heavy atom. The fourth-order valence-corrected chi connectivity index (χ4v) is 3.42. The van der Waals surface area contributed by atoms with E-state index in [0.29, 0.717) is 11.4 Å². The first kappa shape index (κ1) is 25.4. The number of anilines is 2. The zero-order chi connectivity index (χ0) is 25.8. The van der Waals surface area contributed by atoms with Crippen LogP contribution >= 0.6 is 0 Å². The Morgan fingerprint density at radius 3 is 1.94 bits per heavy atom. The van der Waals surface area contributed by atoms with E-state index in [9.17, 15) is 24.0 Å². The first-order valence-corrected chi connectivity index (χ1v) is 11.1. The van der Waals surface area contributed by atoms with Crippen LogP contribution in [0, 0.1) is 0 Å². The fraction of sp³-hybridized carbons (Fsp3) is 0.320. The highest BCUT2D eigenvalue weighted by molar-refractivity contribution is 6.23. The van der Waals surface area contributed by atoms with E-state index < -0.39 is 41.4 Å². The maximum atomic E-state index is 12.9. The summed E-state index contributed by atoms with van der Waals surface area (Å²) in [4.78, 5) is 63.2. The molecule has 35 heavy (non-hydrogen) atoms. The van der Waals surface area contributed by atoms with E-state index in [1.54, 1.807) is 69.3 Å². The summed E-state index contributed by atoms with van der Waals surface area (Å²) in [6.45, 7) is 6.73. The van der Waals surface area contributed by atoms with Gasteiger partial charge in [0.25, 0.3) is 11.8 Å². The second-order valence-corrected chi connectivity index (χ2v) is 8.96. The summed E-state index contributed by atoms with van der Waals surface area (Å²) in [7, 11) is 0. The van der Waals surface area contributed by atoms with Gasteiger partial charge in [0, 0.05) is 13.0 Å². The van der Waals surface area contributed by atoms with Crippen LogP contribution in [-0.2, 0) is 14.3 Å². The van der Waals surface area contributed by atoms with Gasteiger partial charge in [-0.15, -0.1) is 0 Å². The van der Waals surface area contributed by atoms with Gasteiger partial charge in [0.15, 0.2) is 0 Å². The lowest BCUT2D eigenvalue weighted by atomic mass is 10.1. The van der Waals surface area contributed by atoms with Crippen molar-refractivity contribution < 1.29 is 28.7 Å². The molecule has 0 saturated carbocycles. The predicted molar refractivity (Wildman–Crippen MR) is 129 cm³/mol. The van der Waals surface area contributed by atoms with Crippen molar-refractivity contribution in [3.8, 4) is 0 Å². The van der Waals surface area contributed by atoms with Crippen LogP contribution in [0.3, 0.4) is 0 Å². The van der Waals surface area contributed by atoms with Crippen LogP contribution in [0.4, 0.5) is 16.2 Å². The summed E-state index contributed by atoms with van der Waals surface area (Å²) in [6, 6.07) is 11.8. The summed E-state index contributed by atoms with van der Waals surface area (Å²) in [5.74, 6) is -2.05. The molecule has 1 unspecified atom stereocenters. The second-order valence-electron chi connectivity index (χ2n) is 8.96. The van der Waals surface area contributed by atoms with Crippen LogP contribution in [0.2, 0.25) is 0 Å². The van der Waals surface area contributed by atoms with Crippen LogP contribution in [0.5, 0.6) is 0 Å². The molecule has 0 radical (unpaired) electrons. The summed E-state index contributed by atoms with van der Waals surface area (Å²) in [6.07, 6.45) is -0.646. The van der Waals surface area contributed by atoms with Crippen molar-refractivity contribution in [1.29, 1.82) is 0 Å². The molecular formula is C25H28N4O6. The van der Waals surface area contributed by atoms with Gasteiger partial charge in [-0.25, -0.2) is 4.79 Å². The van der Waals surface area contributed by atoms with Crippen molar-refractivity contribution >= 4 is 41.1 Å². The standard InChI is InChI=1S/C25H28N4O6/c1-15(29-22(32)16-9-5-6-10-17(16)23(29)33)21(31)28-19-12-8-7-11-18(19)27-20(30)13-14-26-24(34)35-25(2,3)4/h5-12,15H,13-14H2,1-4H3,(H,26,34)(H,27,30)(H,28,31). The molecule has 0 aromatic heterocycles. The number of amides is 5. The molecule has 0 fully saturated rings. The summed E-state index contributed by atoms with van der Waals surface area (Å²) >= 11 is 0. The molecule has 0 saturated heterocycles. The van der Waals surface area contributed by atoms with Gasteiger partial charge in [0.05, 0.1) is 22.5 Å². The average molecular weight is 481 g/mol. The van der Waals surface area contributed by atoms with E-state index in [-0.39, 0.29) is 24.1 Å². The Balaban J connectivity index is 1.60. The van der Waals surface area contributed by atoms with Crippen LogP contribution in [0.15, 0.2) is 48.5 Å². The molecule has 10 heteroatoms. The van der Waals surface area contributed by atoms with Crippen LogP contribution < -0.4 is 16.0 Å². The van der Waals surface area contributed by atoms with Gasteiger partial charge >= 0.3 is 6.09 Å². The molecule has 2 aromatic carbocycles. The third kappa shape index (κ3) is 6.23. The number of carbonyl (C=O) groups excluding carboxylic acids is 5. The molecule has 5 amide bonds. The van der Waals surface area contributed by atoms with Crippen molar-refractivity contribution in [1.82, 2.24) is 10.2 Å². The minimum atomic E-state index is -1.08. The molecule has 1 atom stereocenters. The highest BCUT2D eigenvalue weighted by atomic mass is 16.6. The molecule has 3 rings (SSSR count). The van der Waals surface area contributed by atoms with Crippen LogP contribution in [-0.4, -0.2) is 52.8 Å². The molecule has 0 bridgehead atoms. The van der Waals surface area contributed by atoms with Crippen LogP contribution in [0.25, 0.3) is 0 Å². The number of nitrogens with one attached hydrogen (secondary N) is 3. The molecular weight excluding hydrogens is 452 g/mol.